The number of hydrogen-bond acceptors (Lipinski definition) is 3. The van der Waals surface area contributed by atoms with E-state index in [0.29, 0.717) is 17.0 Å². The van der Waals surface area contributed by atoms with Gasteiger partial charge < -0.3 is 4.74 Å². The number of aryl methyl sites for hydroxylation is 1. The summed E-state index contributed by atoms with van der Waals surface area (Å²) in [6.45, 7) is 5.17. The maximum absolute atomic E-state index is 13.9. The van der Waals surface area contributed by atoms with Gasteiger partial charge in [0.05, 0.1) is 18.7 Å². The van der Waals surface area contributed by atoms with Crippen LogP contribution in [0.1, 0.15) is 29.8 Å². The minimum absolute atomic E-state index is 0.139. The predicted octanol–water partition coefficient (Wildman–Crippen LogP) is 3.04. The zero-order valence-corrected chi connectivity index (χ0v) is 12.3. The van der Waals surface area contributed by atoms with E-state index >= 15 is 0 Å². The van der Waals surface area contributed by atoms with E-state index in [4.69, 9.17) is 4.74 Å². The Bertz CT molecular complexity index is 695. The van der Waals surface area contributed by atoms with Gasteiger partial charge in [0.1, 0.15) is 11.5 Å². The Morgan fingerprint density at radius 3 is 2.57 bits per heavy atom. The highest BCUT2D eigenvalue weighted by Gasteiger charge is 2.25. The highest BCUT2D eigenvalue weighted by Crippen LogP contribution is 2.27. The molecule has 0 saturated heterocycles. The number of hydrogen-bond donors (Lipinski definition) is 0. The molecule has 0 aliphatic carbocycles. The van der Waals surface area contributed by atoms with E-state index in [0.717, 1.165) is 12.1 Å². The zero-order valence-electron chi connectivity index (χ0n) is 12.3. The van der Waals surface area contributed by atoms with Crippen LogP contribution in [0.2, 0.25) is 0 Å². The van der Waals surface area contributed by atoms with Crippen molar-refractivity contribution in [1.29, 1.82) is 0 Å². The first-order chi connectivity index (χ1) is 9.86. The van der Waals surface area contributed by atoms with Crippen molar-refractivity contribution >= 4 is 5.97 Å². The average molecular weight is 294 g/mol. The van der Waals surface area contributed by atoms with Gasteiger partial charge in [0.15, 0.2) is 5.82 Å². The molecule has 0 spiro atoms. The average Bonchev–Trinajstić information content (AvgIpc) is 2.72. The Morgan fingerprint density at radius 1 is 1.33 bits per heavy atom. The van der Waals surface area contributed by atoms with Crippen molar-refractivity contribution < 1.29 is 18.3 Å². The molecule has 0 amide bonds. The van der Waals surface area contributed by atoms with Crippen LogP contribution in [0.3, 0.4) is 0 Å². The van der Waals surface area contributed by atoms with Gasteiger partial charge in [-0.2, -0.15) is 5.10 Å². The van der Waals surface area contributed by atoms with Gasteiger partial charge in [-0.25, -0.2) is 13.5 Å². The molecule has 112 valence electrons. The van der Waals surface area contributed by atoms with Crippen LogP contribution in [-0.4, -0.2) is 22.9 Å². The second-order valence-electron chi connectivity index (χ2n) is 4.84. The fraction of sp³-hybridized carbons (Fsp3) is 0.333. The van der Waals surface area contributed by atoms with Crippen LogP contribution in [-0.2, 0) is 9.53 Å². The molecule has 0 bridgehead atoms. The summed E-state index contributed by atoms with van der Waals surface area (Å²) in [4.78, 5) is 11.7. The molecule has 1 aromatic heterocycles. The number of nitrogens with zero attached hydrogens (tertiary/aromatic N) is 2. The molecule has 1 aromatic carbocycles. The summed E-state index contributed by atoms with van der Waals surface area (Å²) >= 11 is 0. The molecule has 0 saturated carbocycles. The van der Waals surface area contributed by atoms with Crippen molar-refractivity contribution in [3.8, 4) is 5.69 Å². The van der Waals surface area contributed by atoms with Gasteiger partial charge in [-0.15, -0.1) is 0 Å². The van der Waals surface area contributed by atoms with Crippen molar-refractivity contribution in [2.75, 3.05) is 7.11 Å². The van der Waals surface area contributed by atoms with Crippen molar-refractivity contribution in [1.82, 2.24) is 9.78 Å². The van der Waals surface area contributed by atoms with Gasteiger partial charge >= 0.3 is 5.97 Å². The second kappa shape index (κ2) is 5.63. The summed E-state index contributed by atoms with van der Waals surface area (Å²) in [5.41, 5.74) is 2.05. The summed E-state index contributed by atoms with van der Waals surface area (Å²) in [7, 11) is 1.31. The molecule has 1 heterocycles. The SMILES string of the molecule is COC(=O)C(C)c1c(C)nn(-c2ccc(F)cc2F)c1C. The number of methoxy groups -OCH3 is 1. The van der Waals surface area contributed by atoms with Crippen molar-refractivity contribution in [3.05, 3.63) is 46.8 Å². The van der Waals surface area contributed by atoms with Crippen LogP contribution in [0.4, 0.5) is 8.78 Å². The Hall–Kier alpha value is -2.24. The van der Waals surface area contributed by atoms with E-state index in [1.165, 1.54) is 17.9 Å². The molecule has 0 radical (unpaired) electrons. The van der Waals surface area contributed by atoms with E-state index in [2.05, 4.69) is 5.10 Å². The van der Waals surface area contributed by atoms with Gasteiger partial charge in [0.2, 0.25) is 0 Å². The number of carbonyl (C=O) groups excluding carboxylic acids is 1. The molecule has 2 rings (SSSR count). The molecule has 0 aliphatic heterocycles. The lowest BCUT2D eigenvalue weighted by Crippen LogP contribution is -2.12. The Labute approximate surface area is 121 Å². The highest BCUT2D eigenvalue weighted by molar-refractivity contribution is 5.78. The van der Waals surface area contributed by atoms with Crippen LogP contribution in [0.25, 0.3) is 5.69 Å². The quantitative estimate of drug-likeness (QED) is 0.817. The van der Waals surface area contributed by atoms with Gasteiger partial charge in [0, 0.05) is 17.3 Å². The molecule has 0 aliphatic rings. The maximum Gasteiger partial charge on any atom is 0.312 e. The molecular formula is C15H16F2N2O2. The van der Waals surface area contributed by atoms with Crippen LogP contribution < -0.4 is 0 Å². The van der Waals surface area contributed by atoms with Gasteiger partial charge in [-0.1, -0.05) is 0 Å². The van der Waals surface area contributed by atoms with Crippen molar-refractivity contribution in [2.24, 2.45) is 0 Å². The number of carbonyl (C=O) groups is 1. The first-order valence-corrected chi connectivity index (χ1v) is 6.46. The molecule has 2 aromatic rings. The second-order valence-corrected chi connectivity index (χ2v) is 4.84. The molecule has 0 fully saturated rings. The lowest BCUT2D eigenvalue weighted by atomic mass is 9.99. The van der Waals surface area contributed by atoms with Crippen LogP contribution in [0.5, 0.6) is 0 Å². The third-order valence-electron chi connectivity index (χ3n) is 3.47. The number of aromatic nitrogens is 2. The number of benzene rings is 1. The minimum Gasteiger partial charge on any atom is -0.469 e. The number of rotatable bonds is 3. The minimum atomic E-state index is -0.710. The molecule has 0 N–H and O–H groups in total. The largest absolute Gasteiger partial charge is 0.469 e. The first kappa shape index (κ1) is 15.2. The number of ether oxygens (including phenoxy) is 1. The van der Waals surface area contributed by atoms with E-state index < -0.39 is 17.6 Å². The lowest BCUT2D eigenvalue weighted by molar-refractivity contribution is -0.142. The molecule has 1 unspecified atom stereocenters. The summed E-state index contributed by atoms with van der Waals surface area (Å²) in [5, 5.41) is 4.26. The smallest absolute Gasteiger partial charge is 0.312 e. The third-order valence-corrected chi connectivity index (χ3v) is 3.47. The molecule has 4 nitrogen and oxygen atoms in total. The number of esters is 1. The van der Waals surface area contributed by atoms with E-state index in [9.17, 15) is 13.6 Å². The van der Waals surface area contributed by atoms with Crippen LogP contribution >= 0.6 is 0 Å². The van der Waals surface area contributed by atoms with E-state index in [-0.39, 0.29) is 11.7 Å². The Balaban J connectivity index is 2.55. The fourth-order valence-corrected chi connectivity index (χ4v) is 2.46. The van der Waals surface area contributed by atoms with Crippen LogP contribution in [0.15, 0.2) is 18.2 Å². The third kappa shape index (κ3) is 2.66. The molecule has 21 heavy (non-hydrogen) atoms. The standard InChI is InChI=1S/C15H16F2N2O2/c1-8(15(20)21-4)14-9(2)18-19(10(14)3)13-6-5-11(16)7-12(13)17/h5-8H,1-4H3. The summed E-state index contributed by atoms with van der Waals surface area (Å²) in [6.07, 6.45) is 0. The fourth-order valence-electron chi connectivity index (χ4n) is 2.46. The Kier molecular flexibility index (Phi) is 4.06. The van der Waals surface area contributed by atoms with E-state index in [1.54, 1.807) is 20.8 Å². The van der Waals surface area contributed by atoms with E-state index in [1.807, 2.05) is 0 Å². The van der Waals surface area contributed by atoms with Crippen molar-refractivity contribution in [3.63, 3.8) is 0 Å². The Morgan fingerprint density at radius 2 is 2.00 bits per heavy atom. The summed E-state index contributed by atoms with van der Waals surface area (Å²) < 4.78 is 33.0. The van der Waals surface area contributed by atoms with Crippen molar-refractivity contribution in [2.45, 2.75) is 26.7 Å². The zero-order chi connectivity index (χ0) is 15.7. The lowest BCUT2D eigenvalue weighted by Gasteiger charge is -2.11. The molecule has 1 atom stereocenters. The predicted molar refractivity (Wildman–Crippen MR) is 73.4 cm³/mol. The monoisotopic (exact) mass is 294 g/mol. The highest BCUT2D eigenvalue weighted by atomic mass is 19.1. The normalized spacial score (nSPS) is 12.3. The topological polar surface area (TPSA) is 44.1 Å². The molecular weight excluding hydrogens is 278 g/mol. The van der Waals surface area contributed by atoms with Gasteiger partial charge in [-0.05, 0) is 32.9 Å². The molecule has 6 heteroatoms. The van der Waals surface area contributed by atoms with Gasteiger partial charge in [-0.3, -0.25) is 4.79 Å². The van der Waals surface area contributed by atoms with Gasteiger partial charge in [0.25, 0.3) is 0 Å². The first-order valence-electron chi connectivity index (χ1n) is 6.46. The summed E-state index contributed by atoms with van der Waals surface area (Å²) in [5.74, 6) is -2.26. The van der Waals surface area contributed by atoms with Crippen LogP contribution in [0, 0.1) is 25.5 Å². The number of halogens is 2. The maximum atomic E-state index is 13.9. The summed E-state index contributed by atoms with van der Waals surface area (Å²) in [6, 6.07) is 3.28.